The Balaban J connectivity index is 1.84. The lowest BCUT2D eigenvalue weighted by Gasteiger charge is -2.16. The number of rotatable bonds is 7. The third kappa shape index (κ3) is 5.01. The van der Waals surface area contributed by atoms with Crippen molar-refractivity contribution in [2.24, 2.45) is 0 Å². The summed E-state index contributed by atoms with van der Waals surface area (Å²) in [4.78, 5) is 1.29. The predicted octanol–water partition coefficient (Wildman–Crippen LogP) is 4.85. The van der Waals surface area contributed by atoms with E-state index >= 15 is 0 Å². The van der Waals surface area contributed by atoms with Gasteiger partial charge in [-0.3, -0.25) is 0 Å². The Morgan fingerprint density at radius 2 is 1.90 bits per heavy atom. The molecule has 2 aromatic carbocycles. The summed E-state index contributed by atoms with van der Waals surface area (Å²) in [6, 6.07) is 17.3. The third-order valence-corrected chi connectivity index (χ3v) is 4.23. The Bertz CT molecular complexity index is 553. The summed E-state index contributed by atoms with van der Waals surface area (Å²) in [5, 5.41) is 3.57. The van der Waals surface area contributed by atoms with Crippen LogP contribution in [0.5, 0.6) is 5.75 Å². The summed E-state index contributed by atoms with van der Waals surface area (Å²) in [6.45, 7) is 2.23. The van der Waals surface area contributed by atoms with E-state index in [1.807, 2.05) is 12.1 Å². The maximum absolute atomic E-state index is 5.18. The molecule has 0 aromatic heterocycles. The molecule has 0 aliphatic heterocycles. The Hall–Kier alpha value is -1.61. The maximum atomic E-state index is 5.18. The highest BCUT2D eigenvalue weighted by molar-refractivity contribution is 7.98. The average Bonchev–Trinajstić information content (AvgIpc) is 2.53. The van der Waals surface area contributed by atoms with Crippen LogP contribution < -0.4 is 10.1 Å². The Morgan fingerprint density at radius 1 is 1.14 bits per heavy atom. The zero-order valence-electron chi connectivity index (χ0n) is 12.9. The van der Waals surface area contributed by atoms with E-state index in [1.165, 1.54) is 16.1 Å². The maximum Gasteiger partial charge on any atom is 0.118 e. The van der Waals surface area contributed by atoms with Crippen LogP contribution in [0.1, 0.15) is 18.9 Å². The van der Waals surface area contributed by atoms with Gasteiger partial charge in [0.25, 0.3) is 0 Å². The first kappa shape index (κ1) is 15.8. The van der Waals surface area contributed by atoms with E-state index in [1.54, 1.807) is 18.9 Å². The summed E-state index contributed by atoms with van der Waals surface area (Å²) >= 11 is 1.77. The molecule has 21 heavy (non-hydrogen) atoms. The van der Waals surface area contributed by atoms with Gasteiger partial charge in [0, 0.05) is 16.6 Å². The molecule has 1 N–H and O–H groups in total. The van der Waals surface area contributed by atoms with Crippen LogP contribution in [0.4, 0.5) is 5.69 Å². The van der Waals surface area contributed by atoms with E-state index in [2.05, 4.69) is 54.9 Å². The zero-order chi connectivity index (χ0) is 15.1. The van der Waals surface area contributed by atoms with E-state index < -0.39 is 0 Å². The summed E-state index contributed by atoms with van der Waals surface area (Å²) in [5.74, 6) is 0.916. The standard InChI is InChI=1S/C18H23NOS/c1-14(19-16-5-4-6-18(13-16)21-3)7-8-15-9-11-17(20-2)12-10-15/h4-6,9-14,19H,7-8H2,1-3H3. The second kappa shape index (κ2) is 7.99. The number of ether oxygens (including phenoxy) is 1. The number of hydrogen-bond donors (Lipinski definition) is 1. The van der Waals surface area contributed by atoms with Crippen LogP contribution in [0.25, 0.3) is 0 Å². The molecule has 0 aliphatic carbocycles. The highest BCUT2D eigenvalue weighted by Crippen LogP contribution is 2.20. The van der Waals surface area contributed by atoms with Crippen molar-refractivity contribution in [2.45, 2.75) is 30.7 Å². The van der Waals surface area contributed by atoms with Crippen molar-refractivity contribution >= 4 is 17.4 Å². The first-order valence-electron chi connectivity index (χ1n) is 7.25. The molecule has 2 aromatic rings. The third-order valence-electron chi connectivity index (χ3n) is 3.51. The van der Waals surface area contributed by atoms with Crippen molar-refractivity contribution < 1.29 is 4.74 Å². The van der Waals surface area contributed by atoms with Gasteiger partial charge in [0.05, 0.1) is 7.11 Å². The van der Waals surface area contributed by atoms with Crippen LogP contribution in [0.15, 0.2) is 53.4 Å². The van der Waals surface area contributed by atoms with Gasteiger partial charge in [0.2, 0.25) is 0 Å². The average molecular weight is 301 g/mol. The highest BCUT2D eigenvalue weighted by Gasteiger charge is 2.04. The van der Waals surface area contributed by atoms with Gasteiger partial charge in [-0.1, -0.05) is 18.2 Å². The molecule has 0 saturated carbocycles. The van der Waals surface area contributed by atoms with Crippen molar-refractivity contribution in [1.82, 2.24) is 0 Å². The zero-order valence-corrected chi connectivity index (χ0v) is 13.7. The minimum atomic E-state index is 0.448. The highest BCUT2D eigenvalue weighted by atomic mass is 32.2. The van der Waals surface area contributed by atoms with E-state index in [-0.39, 0.29) is 0 Å². The smallest absolute Gasteiger partial charge is 0.118 e. The molecular formula is C18H23NOS. The second-order valence-electron chi connectivity index (χ2n) is 5.16. The predicted molar refractivity (Wildman–Crippen MR) is 92.6 cm³/mol. The molecule has 3 heteroatoms. The van der Waals surface area contributed by atoms with Gasteiger partial charge in [-0.25, -0.2) is 0 Å². The van der Waals surface area contributed by atoms with Gasteiger partial charge in [-0.2, -0.15) is 0 Å². The number of methoxy groups -OCH3 is 1. The Labute approximate surface area is 131 Å². The Morgan fingerprint density at radius 3 is 2.57 bits per heavy atom. The lowest BCUT2D eigenvalue weighted by molar-refractivity contribution is 0.414. The molecule has 0 aliphatic rings. The molecule has 2 rings (SSSR count). The molecule has 0 fully saturated rings. The van der Waals surface area contributed by atoms with Gasteiger partial charge in [0.15, 0.2) is 0 Å². The van der Waals surface area contributed by atoms with Crippen molar-refractivity contribution in [2.75, 3.05) is 18.7 Å². The van der Waals surface area contributed by atoms with Gasteiger partial charge < -0.3 is 10.1 Å². The van der Waals surface area contributed by atoms with E-state index in [0.29, 0.717) is 6.04 Å². The van der Waals surface area contributed by atoms with Crippen molar-refractivity contribution in [3.8, 4) is 5.75 Å². The number of hydrogen-bond acceptors (Lipinski definition) is 3. The van der Waals surface area contributed by atoms with Crippen LogP contribution in [-0.2, 0) is 6.42 Å². The molecule has 2 nitrogen and oxygen atoms in total. The van der Waals surface area contributed by atoms with Gasteiger partial charge in [0.1, 0.15) is 5.75 Å². The minimum absolute atomic E-state index is 0.448. The van der Waals surface area contributed by atoms with Crippen molar-refractivity contribution in [1.29, 1.82) is 0 Å². The van der Waals surface area contributed by atoms with Crippen molar-refractivity contribution in [3.05, 3.63) is 54.1 Å². The Kier molecular flexibility index (Phi) is 6.00. The number of thioether (sulfide) groups is 1. The first-order valence-corrected chi connectivity index (χ1v) is 8.47. The fraction of sp³-hybridized carbons (Fsp3) is 0.333. The fourth-order valence-electron chi connectivity index (χ4n) is 2.24. The van der Waals surface area contributed by atoms with Crippen LogP contribution in [0.3, 0.4) is 0 Å². The van der Waals surface area contributed by atoms with E-state index in [9.17, 15) is 0 Å². The number of nitrogens with one attached hydrogen (secondary N) is 1. The molecule has 0 radical (unpaired) electrons. The molecule has 0 amide bonds. The molecule has 1 atom stereocenters. The van der Waals surface area contributed by atoms with Crippen LogP contribution in [0, 0.1) is 0 Å². The van der Waals surface area contributed by atoms with Crippen LogP contribution in [0.2, 0.25) is 0 Å². The molecule has 0 saturated heterocycles. The molecule has 0 heterocycles. The topological polar surface area (TPSA) is 21.3 Å². The molecule has 0 bridgehead atoms. The summed E-state index contributed by atoms with van der Waals surface area (Å²) in [5.41, 5.74) is 2.55. The summed E-state index contributed by atoms with van der Waals surface area (Å²) in [6.07, 6.45) is 4.28. The molecular weight excluding hydrogens is 278 g/mol. The van der Waals surface area contributed by atoms with Crippen LogP contribution >= 0.6 is 11.8 Å². The SMILES string of the molecule is COc1ccc(CCC(C)Nc2cccc(SC)c2)cc1. The lowest BCUT2D eigenvalue weighted by Crippen LogP contribution is -2.15. The number of anilines is 1. The summed E-state index contributed by atoms with van der Waals surface area (Å²) in [7, 11) is 1.70. The molecule has 0 spiro atoms. The number of aryl methyl sites for hydroxylation is 1. The largest absolute Gasteiger partial charge is 0.497 e. The molecule has 112 valence electrons. The van der Waals surface area contributed by atoms with Gasteiger partial charge >= 0.3 is 0 Å². The van der Waals surface area contributed by atoms with Crippen molar-refractivity contribution in [3.63, 3.8) is 0 Å². The second-order valence-corrected chi connectivity index (χ2v) is 6.04. The minimum Gasteiger partial charge on any atom is -0.497 e. The normalized spacial score (nSPS) is 12.0. The number of benzene rings is 2. The van der Waals surface area contributed by atoms with Gasteiger partial charge in [-0.05, 0) is 61.9 Å². The first-order chi connectivity index (χ1) is 10.2. The monoisotopic (exact) mass is 301 g/mol. The van der Waals surface area contributed by atoms with E-state index in [0.717, 1.165) is 18.6 Å². The quantitative estimate of drug-likeness (QED) is 0.739. The fourth-order valence-corrected chi connectivity index (χ4v) is 2.70. The van der Waals surface area contributed by atoms with Gasteiger partial charge in [-0.15, -0.1) is 11.8 Å². The van der Waals surface area contributed by atoms with Crippen LogP contribution in [-0.4, -0.2) is 19.4 Å². The lowest BCUT2D eigenvalue weighted by atomic mass is 10.1. The summed E-state index contributed by atoms with van der Waals surface area (Å²) < 4.78 is 5.18. The van der Waals surface area contributed by atoms with E-state index in [4.69, 9.17) is 4.74 Å². The molecule has 1 unspecified atom stereocenters.